The lowest BCUT2D eigenvalue weighted by molar-refractivity contribution is -0.139. The van der Waals surface area contributed by atoms with Crippen molar-refractivity contribution >= 4 is 5.97 Å². The zero-order valence-electron chi connectivity index (χ0n) is 11.8. The Kier molecular flexibility index (Phi) is 8.23. The molecule has 3 heteroatoms. The monoisotopic (exact) mass is 243 g/mol. The standard InChI is InChI=1S/C14H29NO2/c1-5-12(9-13(15)14(16)17)8-11(4)7-6-10(2)3/h10-13H,5-9,15H2,1-4H3,(H,16,17). The van der Waals surface area contributed by atoms with Crippen LogP contribution >= 0.6 is 0 Å². The van der Waals surface area contributed by atoms with Crippen molar-refractivity contribution in [2.24, 2.45) is 23.5 Å². The normalized spacial score (nSPS) is 16.8. The second-order valence-corrected chi connectivity index (χ2v) is 5.77. The summed E-state index contributed by atoms with van der Waals surface area (Å²) in [4.78, 5) is 10.7. The molecule has 0 fully saturated rings. The fourth-order valence-electron chi connectivity index (χ4n) is 2.19. The molecule has 17 heavy (non-hydrogen) atoms. The number of carbonyl (C=O) groups is 1. The van der Waals surface area contributed by atoms with E-state index in [1.807, 2.05) is 0 Å². The van der Waals surface area contributed by atoms with Crippen LogP contribution in [0, 0.1) is 17.8 Å². The molecule has 3 unspecified atom stereocenters. The van der Waals surface area contributed by atoms with E-state index in [1.54, 1.807) is 0 Å². The van der Waals surface area contributed by atoms with E-state index >= 15 is 0 Å². The third kappa shape index (κ3) is 8.19. The highest BCUT2D eigenvalue weighted by Gasteiger charge is 2.19. The minimum atomic E-state index is -0.877. The van der Waals surface area contributed by atoms with Crippen LogP contribution in [0.25, 0.3) is 0 Å². The lowest BCUT2D eigenvalue weighted by Crippen LogP contribution is -2.32. The maximum absolute atomic E-state index is 10.7. The van der Waals surface area contributed by atoms with Crippen LogP contribution in [-0.4, -0.2) is 17.1 Å². The quantitative estimate of drug-likeness (QED) is 0.653. The van der Waals surface area contributed by atoms with E-state index in [0.29, 0.717) is 18.3 Å². The Hall–Kier alpha value is -0.570. The van der Waals surface area contributed by atoms with Gasteiger partial charge in [-0.1, -0.05) is 47.0 Å². The van der Waals surface area contributed by atoms with Gasteiger partial charge in [0.05, 0.1) is 0 Å². The minimum Gasteiger partial charge on any atom is -0.480 e. The van der Waals surface area contributed by atoms with E-state index in [-0.39, 0.29) is 0 Å². The molecule has 0 heterocycles. The van der Waals surface area contributed by atoms with Crippen molar-refractivity contribution in [3.05, 3.63) is 0 Å². The van der Waals surface area contributed by atoms with E-state index in [2.05, 4.69) is 27.7 Å². The Balaban J connectivity index is 3.98. The number of hydrogen-bond donors (Lipinski definition) is 2. The minimum absolute atomic E-state index is 0.447. The van der Waals surface area contributed by atoms with E-state index in [9.17, 15) is 4.79 Å². The van der Waals surface area contributed by atoms with Gasteiger partial charge in [0.1, 0.15) is 6.04 Å². The average molecular weight is 243 g/mol. The van der Waals surface area contributed by atoms with E-state index in [0.717, 1.165) is 18.8 Å². The molecule has 3 nitrogen and oxygen atoms in total. The molecule has 0 aliphatic rings. The Morgan fingerprint density at radius 2 is 1.76 bits per heavy atom. The number of rotatable bonds is 9. The molecule has 0 saturated carbocycles. The van der Waals surface area contributed by atoms with Crippen molar-refractivity contribution in [1.29, 1.82) is 0 Å². The van der Waals surface area contributed by atoms with Gasteiger partial charge in [-0.2, -0.15) is 0 Å². The summed E-state index contributed by atoms with van der Waals surface area (Å²) in [5, 5.41) is 8.81. The SMILES string of the molecule is CCC(CC(C)CCC(C)C)CC(N)C(=O)O. The van der Waals surface area contributed by atoms with Gasteiger partial charge >= 0.3 is 5.97 Å². The highest BCUT2D eigenvalue weighted by molar-refractivity contribution is 5.73. The van der Waals surface area contributed by atoms with Gasteiger partial charge in [0, 0.05) is 0 Å². The number of carboxylic acid groups (broad SMARTS) is 1. The average Bonchev–Trinajstić information content (AvgIpc) is 2.25. The second-order valence-electron chi connectivity index (χ2n) is 5.77. The molecule has 0 rings (SSSR count). The fourth-order valence-corrected chi connectivity index (χ4v) is 2.19. The molecule has 0 saturated heterocycles. The summed E-state index contributed by atoms with van der Waals surface area (Å²) in [5.41, 5.74) is 5.59. The highest BCUT2D eigenvalue weighted by Crippen LogP contribution is 2.24. The smallest absolute Gasteiger partial charge is 0.320 e. The summed E-state index contributed by atoms with van der Waals surface area (Å²) in [6.45, 7) is 8.86. The van der Waals surface area contributed by atoms with Gasteiger partial charge in [0.25, 0.3) is 0 Å². The van der Waals surface area contributed by atoms with Crippen molar-refractivity contribution in [2.75, 3.05) is 0 Å². The Morgan fingerprint density at radius 3 is 2.18 bits per heavy atom. The van der Waals surface area contributed by atoms with Crippen LogP contribution < -0.4 is 5.73 Å². The first-order valence-electron chi connectivity index (χ1n) is 6.85. The molecule has 0 spiro atoms. The molecule has 0 aromatic rings. The first-order chi connectivity index (χ1) is 7.86. The molecule has 0 aromatic carbocycles. The van der Waals surface area contributed by atoms with Gasteiger partial charge in [-0.05, 0) is 30.6 Å². The van der Waals surface area contributed by atoms with Gasteiger partial charge < -0.3 is 10.8 Å². The molecule has 0 aromatic heterocycles. The van der Waals surface area contributed by atoms with Crippen molar-refractivity contribution in [3.8, 4) is 0 Å². The number of carboxylic acids is 1. The predicted molar refractivity (Wildman–Crippen MR) is 71.9 cm³/mol. The second kappa shape index (κ2) is 8.51. The third-order valence-electron chi connectivity index (χ3n) is 3.45. The molecule has 0 bridgehead atoms. The Labute approximate surface area is 106 Å². The highest BCUT2D eigenvalue weighted by atomic mass is 16.4. The largest absolute Gasteiger partial charge is 0.480 e. The summed E-state index contributed by atoms with van der Waals surface area (Å²) in [6.07, 6.45) is 5.22. The summed E-state index contributed by atoms with van der Waals surface area (Å²) < 4.78 is 0. The van der Waals surface area contributed by atoms with E-state index < -0.39 is 12.0 Å². The number of nitrogens with two attached hydrogens (primary N) is 1. The van der Waals surface area contributed by atoms with Gasteiger partial charge in [-0.25, -0.2) is 0 Å². The van der Waals surface area contributed by atoms with Gasteiger partial charge in [-0.3, -0.25) is 4.79 Å². The molecule has 3 atom stereocenters. The molecule has 0 amide bonds. The van der Waals surface area contributed by atoms with Gasteiger partial charge in [-0.15, -0.1) is 0 Å². The zero-order chi connectivity index (χ0) is 13.4. The molecule has 102 valence electrons. The number of hydrogen-bond acceptors (Lipinski definition) is 2. The number of aliphatic carboxylic acids is 1. The van der Waals surface area contributed by atoms with Crippen LogP contribution in [0.2, 0.25) is 0 Å². The third-order valence-corrected chi connectivity index (χ3v) is 3.45. The summed E-state index contributed by atoms with van der Waals surface area (Å²) >= 11 is 0. The molecule has 3 N–H and O–H groups in total. The van der Waals surface area contributed by atoms with Crippen LogP contribution in [0.5, 0.6) is 0 Å². The summed E-state index contributed by atoms with van der Waals surface area (Å²) in [5.74, 6) is 0.990. The fraction of sp³-hybridized carbons (Fsp3) is 0.929. The van der Waals surface area contributed by atoms with Crippen LogP contribution in [0.4, 0.5) is 0 Å². The van der Waals surface area contributed by atoms with Gasteiger partial charge in [0.2, 0.25) is 0 Å². The zero-order valence-corrected chi connectivity index (χ0v) is 11.8. The van der Waals surface area contributed by atoms with Crippen molar-refractivity contribution in [2.45, 2.75) is 65.8 Å². The van der Waals surface area contributed by atoms with Crippen LogP contribution in [0.3, 0.4) is 0 Å². The maximum atomic E-state index is 10.7. The topological polar surface area (TPSA) is 63.3 Å². The Morgan fingerprint density at radius 1 is 1.18 bits per heavy atom. The van der Waals surface area contributed by atoms with E-state index in [4.69, 9.17) is 10.8 Å². The molecular formula is C14H29NO2. The van der Waals surface area contributed by atoms with Crippen molar-refractivity contribution in [1.82, 2.24) is 0 Å². The molecular weight excluding hydrogens is 214 g/mol. The Bertz CT molecular complexity index is 216. The predicted octanol–water partition coefficient (Wildman–Crippen LogP) is 3.28. The van der Waals surface area contributed by atoms with Crippen LogP contribution in [-0.2, 0) is 4.79 Å². The lowest BCUT2D eigenvalue weighted by Gasteiger charge is -2.21. The molecule has 0 radical (unpaired) electrons. The van der Waals surface area contributed by atoms with E-state index in [1.165, 1.54) is 12.8 Å². The van der Waals surface area contributed by atoms with Gasteiger partial charge in [0.15, 0.2) is 0 Å². The first kappa shape index (κ1) is 16.4. The molecule has 0 aliphatic carbocycles. The lowest BCUT2D eigenvalue weighted by atomic mass is 9.85. The van der Waals surface area contributed by atoms with Crippen molar-refractivity contribution in [3.63, 3.8) is 0 Å². The van der Waals surface area contributed by atoms with Crippen LogP contribution in [0.15, 0.2) is 0 Å². The van der Waals surface area contributed by atoms with Crippen molar-refractivity contribution < 1.29 is 9.90 Å². The summed E-state index contributed by atoms with van der Waals surface area (Å²) in [7, 11) is 0. The maximum Gasteiger partial charge on any atom is 0.320 e. The van der Waals surface area contributed by atoms with Crippen LogP contribution in [0.1, 0.15) is 59.8 Å². The summed E-state index contributed by atoms with van der Waals surface area (Å²) in [6, 6.07) is -0.697. The first-order valence-corrected chi connectivity index (χ1v) is 6.85. The molecule has 0 aliphatic heterocycles.